The number of hydrogen-bond acceptors (Lipinski definition) is 8. The van der Waals surface area contributed by atoms with Gasteiger partial charge in [0.2, 0.25) is 6.79 Å². The van der Waals surface area contributed by atoms with Crippen LogP contribution in [0.2, 0.25) is 0 Å². The van der Waals surface area contributed by atoms with Gasteiger partial charge < -0.3 is 28.8 Å². The van der Waals surface area contributed by atoms with Crippen LogP contribution < -0.4 is 24.3 Å². The molecule has 0 fully saturated rings. The summed E-state index contributed by atoms with van der Waals surface area (Å²) in [4.78, 5) is 12.5. The van der Waals surface area contributed by atoms with E-state index in [0.29, 0.717) is 45.4 Å². The van der Waals surface area contributed by atoms with Gasteiger partial charge in [-0.15, -0.1) is 0 Å². The topological polar surface area (TPSA) is 116 Å². The van der Waals surface area contributed by atoms with Gasteiger partial charge in [-0.2, -0.15) is 5.26 Å². The lowest BCUT2D eigenvalue weighted by atomic mass is 10.1. The molecule has 0 spiro atoms. The highest BCUT2D eigenvalue weighted by atomic mass is 79.9. The molecule has 0 saturated carbocycles. The fourth-order valence-corrected chi connectivity index (χ4v) is 3.76. The molecule has 174 valence electrons. The number of carbonyl (C=O) groups excluding carboxylic acids is 1. The number of nitriles is 1. The van der Waals surface area contributed by atoms with E-state index in [2.05, 4.69) is 26.4 Å². The second-order valence-corrected chi connectivity index (χ2v) is 8.04. The summed E-state index contributed by atoms with van der Waals surface area (Å²) in [5.74, 6) is 2.51. The molecule has 0 aliphatic carbocycles. The molecule has 0 saturated heterocycles. The van der Waals surface area contributed by atoms with Crippen molar-refractivity contribution in [1.29, 1.82) is 5.26 Å². The number of fused-ring (bicyclic) bond motifs is 1. The van der Waals surface area contributed by atoms with E-state index in [4.69, 9.17) is 23.5 Å². The van der Waals surface area contributed by atoms with Crippen molar-refractivity contribution < 1.29 is 28.3 Å². The fraction of sp³-hybridized carbons (Fsp3) is 0.208. The van der Waals surface area contributed by atoms with Gasteiger partial charge in [0.05, 0.1) is 11.1 Å². The monoisotopic (exact) mass is 525 g/mol. The SMILES string of the molecule is CCOc1cc(/C=C(/C#N)C(=O)Nc2cc(C)on2)cc(Br)c1OCc1ccc2c(c1)OCO2. The van der Waals surface area contributed by atoms with E-state index in [9.17, 15) is 10.1 Å². The summed E-state index contributed by atoms with van der Waals surface area (Å²) in [5.41, 5.74) is 1.37. The highest BCUT2D eigenvalue weighted by Gasteiger charge is 2.17. The quantitative estimate of drug-likeness (QED) is 0.322. The van der Waals surface area contributed by atoms with Crippen molar-refractivity contribution in [3.8, 4) is 29.1 Å². The third-order valence-electron chi connectivity index (χ3n) is 4.70. The van der Waals surface area contributed by atoms with Crippen LogP contribution in [0, 0.1) is 18.3 Å². The van der Waals surface area contributed by atoms with Crippen LogP contribution in [-0.2, 0) is 11.4 Å². The number of aromatic nitrogens is 1. The Morgan fingerprint density at radius 3 is 2.79 bits per heavy atom. The molecule has 1 N–H and O–H groups in total. The number of halogens is 1. The minimum absolute atomic E-state index is 0.107. The maximum Gasteiger partial charge on any atom is 0.267 e. The first-order valence-electron chi connectivity index (χ1n) is 10.3. The van der Waals surface area contributed by atoms with Crippen LogP contribution in [0.1, 0.15) is 23.8 Å². The Balaban J connectivity index is 1.54. The van der Waals surface area contributed by atoms with Crippen molar-refractivity contribution in [3.63, 3.8) is 0 Å². The fourth-order valence-electron chi connectivity index (χ4n) is 3.18. The van der Waals surface area contributed by atoms with E-state index in [1.807, 2.05) is 31.2 Å². The summed E-state index contributed by atoms with van der Waals surface area (Å²) < 4.78 is 28.1. The van der Waals surface area contributed by atoms with Crippen molar-refractivity contribution in [2.24, 2.45) is 0 Å². The van der Waals surface area contributed by atoms with Crippen molar-refractivity contribution in [2.45, 2.75) is 20.5 Å². The summed E-state index contributed by atoms with van der Waals surface area (Å²) in [7, 11) is 0. The molecule has 3 aromatic rings. The van der Waals surface area contributed by atoms with Gasteiger partial charge >= 0.3 is 0 Å². The van der Waals surface area contributed by atoms with Gasteiger partial charge in [-0.1, -0.05) is 11.2 Å². The van der Waals surface area contributed by atoms with Gasteiger partial charge in [0, 0.05) is 6.07 Å². The number of nitrogens with zero attached hydrogens (tertiary/aromatic N) is 2. The van der Waals surface area contributed by atoms with Crippen molar-refractivity contribution in [1.82, 2.24) is 5.16 Å². The Morgan fingerprint density at radius 1 is 1.24 bits per heavy atom. The molecule has 0 bridgehead atoms. The second-order valence-electron chi connectivity index (χ2n) is 7.19. The van der Waals surface area contributed by atoms with Crippen LogP contribution >= 0.6 is 15.9 Å². The maximum absolute atomic E-state index is 12.5. The van der Waals surface area contributed by atoms with Gasteiger partial charge in [0.15, 0.2) is 28.8 Å². The first-order chi connectivity index (χ1) is 16.5. The summed E-state index contributed by atoms with van der Waals surface area (Å²) >= 11 is 3.51. The number of anilines is 1. The highest BCUT2D eigenvalue weighted by Crippen LogP contribution is 2.39. The minimum atomic E-state index is -0.604. The van der Waals surface area contributed by atoms with Gasteiger partial charge in [-0.05, 0) is 71.2 Å². The van der Waals surface area contributed by atoms with E-state index < -0.39 is 5.91 Å². The zero-order valence-electron chi connectivity index (χ0n) is 18.4. The molecular formula is C24H20BrN3O6. The number of benzene rings is 2. The molecular weight excluding hydrogens is 506 g/mol. The van der Waals surface area contributed by atoms with E-state index in [-0.39, 0.29) is 24.8 Å². The lowest BCUT2D eigenvalue weighted by Gasteiger charge is -2.15. The van der Waals surface area contributed by atoms with Gasteiger partial charge in [-0.3, -0.25) is 4.79 Å². The third-order valence-corrected chi connectivity index (χ3v) is 5.29. The molecule has 10 heteroatoms. The summed E-state index contributed by atoms with van der Waals surface area (Å²) in [5, 5.41) is 15.7. The maximum atomic E-state index is 12.5. The number of amides is 1. The number of carbonyl (C=O) groups is 1. The predicted octanol–water partition coefficient (Wildman–Crippen LogP) is 5.00. The van der Waals surface area contributed by atoms with Crippen molar-refractivity contribution in [2.75, 3.05) is 18.7 Å². The average Bonchev–Trinajstić information content (AvgIpc) is 3.45. The molecule has 0 atom stereocenters. The molecule has 0 unspecified atom stereocenters. The molecule has 1 amide bonds. The number of aryl methyl sites for hydroxylation is 1. The number of rotatable bonds is 8. The van der Waals surface area contributed by atoms with E-state index in [0.717, 1.165) is 5.56 Å². The standard InChI is InChI=1S/C24H20BrN3O6/c1-3-30-21-10-16(7-17(11-26)24(29)27-22-6-14(2)34-28-22)8-18(25)23(21)31-12-15-4-5-19-20(9-15)33-13-32-19/h4-10H,3,12-13H2,1-2H3,(H,27,28,29)/b17-7-. The molecule has 34 heavy (non-hydrogen) atoms. The number of nitrogens with one attached hydrogen (secondary N) is 1. The molecule has 4 rings (SSSR count). The largest absolute Gasteiger partial charge is 0.490 e. The molecule has 2 aromatic carbocycles. The van der Waals surface area contributed by atoms with Crippen molar-refractivity contribution >= 4 is 33.7 Å². The molecule has 1 aliphatic rings. The van der Waals surface area contributed by atoms with Crippen LogP contribution in [-0.4, -0.2) is 24.5 Å². The Morgan fingerprint density at radius 2 is 2.06 bits per heavy atom. The zero-order chi connectivity index (χ0) is 24.1. The smallest absolute Gasteiger partial charge is 0.267 e. The van der Waals surface area contributed by atoms with Crippen molar-refractivity contribution in [3.05, 3.63) is 63.3 Å². The van der Waals surface area contributed by atoms with Gasteiger partial charge in [0.25, 0.3) is 5.91 Å². The van der Waals surface area contributed by atoms with Crippen LogP contribution in [0.4, 0.5) is 5.82 Å². The van der Waals surface area contributed by atoms with Crippen LogP contribution in [0.5, 0.6) is 23.0 Å². The van der Waals surface area contributed by atoms with Crippen LogP contribution in [0.25, 0.3) is 6.08 Å². The highest BCUT2D eigenvalue weighted by molar-refractivity contribution is 9.10. The molecule has 1 aromatic heterocycles. The number of hydrogen-bond donors (Lipinski definition) is 1. The first kappa shape index (κ1) is 23.2. The van der Waals surface area contributed by atoms with E-state index >= 15 is 0 Å². The Bertz CT molecular complexity index is 1290. The van der Waals surface area contributed by atoms with E-state index in [1.54, 1.807) is 25.1 Å². The first-order valence-corrected chi connectivity index (χ1v) is 11.1. The zero-order valence-corrected chi connectivity index (χ0v) is 20.0. The molecule has 2 heterocycles. The van der Waals surface area contributed by atoms with Crippen LogP contribution in [0.3, 0.4) is 0 Å². The van der Waals surface area contributed by atoms with E-state index in [1.165, 1.54) is 6.08 Å². The van der Waals surface area contributed by atoms with Crippen LogP contribution in [0.15, 0.2) is 51.0 Å². The molecule has 9 nitrogen and oxygen atoms in total. The Hall–Kier alpha value is -3.97. The lowest BCUT2D eigenvalue weighted by Crippen LogP contribution is -2.13. The summed E-state index contributed by atoms with van der Waals surface area (Å²) in [6.07, 6.45) is 1.46. The number of ether oxygens (including phenoxy) is 4. The summed E-state index contributed by atoms with van der Waals surface area (Å²) in [6, 6.07) is 12.5. The average molecular weight is 526 g/mol. The minimum Gasteiger partial charge on any atom is -0.490 e. The molecule has 1 aliphatic heterocycles. The lowest BCUT2D eigenvalue weighted by molar-refractivity contribution is -0.112. The van der Waals surface area contributed by atoms with Gasteiger partial charge in [0.1, 0.15) is 24.0 Å². The molecule has 0 radical (unpaired) electrons. The normalized spacial score (nSPS) is 12.2. The predicted molar refractivity (Wildman–Crippen MR) is 126 cm³/mol. The Labute approximate surface area is 204 Å². The second kappa shape index (κ2) is 10.3. The third kappa shape index (κ3) is 5.32. The summed E-state index contributed by atoms with van der Waals surface area (Å²) in [6.45, 7) is 4.43. The Kier molecular flexibility index (Phi) is 7.04. The van der Waals surface area contributed by atoms with Gasteiger partial charge in [-0.25, -0.2) is 0 Å².